The molecule has 0 fully saturated rings. The number of nitrogens with zero attached hydrogens (tertiary/aromatic N) is 1. The van der Waals surface area contributed by atoms with Gasteiger partial charge in [-0.25, -0.2) is 4.39 Å². The summed E-state index contributed by atoms with van der Waals surface area (Å²) in [5, 5.41) is 8.37. The lowest BCUT2D eigenvalue weighted by molar-refractivity contribution is 0.625. The first-order valence-corrected chi connectivity index (χ1v) is 4.05. The molecule has 1 aromatic rings. The van der Waals surface area contributed by atoms with Crippen LogP contribution in [0.25, 0.3) is 0 Å². The number of hydrogen-bond acceptors (Lipinski definition) is 2. The predicted octanol–water partition coefficient (Wildman–Crippen LogP) is 2.24. The number of rotatable bonds is 1. The maximum Gasteiger partial charge on any atom is 0.160 e. The molecule has 0 heterocycles. The Hall–Kier alpha value is -1.08. The highest BCUT2D eigenvalue weighted by Crippen LogP contribution is 2.22. The van der Waals surface area contributed by atoms with Gasteiger partial charge in [-0.15, -0.1) is 0 Å². The summed E-state index contributed by atoms with van der Waals surface area (Å²) < 4.78 is 13.2. The van der Waals surface area contributed by atoms with Gasteiger partial charge in [0.1, 0.15) is 0 Å². The number of halogens is 2. The molecule has 2 N–H and O–H groups in total. The molecular weight excluding hydrogens is 223 g/mol. The Morgan fingerprint density at radius 2 is 2.25 bits per heavy atom. The van der Waals surface area contributed by atoms with Crippen molar-refractivity contribution in [2.24, 2.45) is 0 Å². The van der Waals surface area contributed by atoms with Crippen LogP contribution >= 0.6 is 15.9 Å². The van der Waals surface area contributed by atoms with Crippen LogP contribution in [-0.2, 0) is 6.42 Å². The first-order chi connectivity index (χ1) is 5.65. The van der Waals surface area contributed by atoms with E-state index in [1.165, 1.54) is 6.07 Å². The van der Waals surface area contributed by atoms with Crippen molar-refractivity contribution in [3.63, 3.8) is 0 Å². The minimum atomic E-state index is -0.475. The number of nitriles is 1. The van der Waals surface area contributed by atoms with Crippen LogP contribution in [0.4, 0.5) is 10.1 Å². The van der Waals surface area contributed by atoms with Crippen LogP contribution < -0.4 is 5.73 Å². The zero-order valence-electron chi connectivity index (χ0n) is 6.14. The molecule has 1 rings (SSSR count). The Bertz CT molecular complexity index is 320. The molecular formula is C8H6BrFN2. The van der Waals surface area contributed by atoms with Gasteiger partial charge in [0.15, 0.2) is 5.82 Å². The molecule has 0 saturated carbocycles. The van der Waals surface area contributed by atoms with E-state index in [1.54, 1.807) is 6.07 Å². The van der Waals surface area contributed by atoms with Crippen LogP contribution in [-0.4, -0.2) is 0 Å². The van der Waals surface area contributed by atoms with Crippen molar-refractivity contribution < 1.29 is 4.39 Å². The lowest BCUT2D eigenvalue weighted by Gasteiger charge is -2.01. The van der Waals surface area contributed by atoms with Crippen molar-refractivity contribution >= 4 is 21.6 Å². The minimum Gasteiger partial charge on any atom is -0.396 e. The van der Waals surface area contributed by atoms with E-state index >= 15 is 0 Å². The van der Waals surface area contributed by atoms with Gasteiger partial charge in [0, 0.05) is 0 Å². The standard InChI is InChI=1S/C8H6BrFN2/c9-6-3-5(1-2-11)4-7(12)8(6)10/h3-4H,1,12H2. The summed E-state index contributed by atoms with van der Waals surface area (Å²) in [6, 6.07) is 4.97. The van der Waals surface area contributed by atoms with Crippen LogP contribution in [0, 0.1) is 17.1 Å². The summed E-state index contributed by atoms with van der Waals surface area (Å²) in [5.41, 5.74) is 6.11. The lowest BCUT2D eigenvalue weighted by atomic mass is 10.1. The van der Waals surface area contributed by atoms with Crippen LogP contribution in [0.3, 0.4) is 0 Å². The summed E-state index contributed by atoms with van der Waals surface area (Å²) >= 11 is 3.00. The molecule has 0 spiro atoms. The number of nitrogens with two attached hydrogens (primary N) is 1. The van der Waals surface area contributed by atoms with Gasteiger partial charge in [-0.1, -0.05) is 0 Å². The molecule has 0 aromatic heterocycles. The smallest absolute Gasteiger partial charge is 0.160 e. The maximum atomic E-state index is 12.9. The van der Waals surface area contributed by atoms with Gasteiger partial charge in [-0.05, 0) is 33.6 Å². The summed E-state index contributed by atoms with van der Waals surface area (Å²) in [5.74, 6) is -0.475. The fraction of sp³-hybridized carbons (Fsp3) is 0.125. The van der Waals surface area contributed by atoms with Crippen LogP contribution in [0.5, 0.6) is 0 Å². The van der Waals surface area contributed by atoms with E-state index in [1.807, 2.05) is 6.07 Å². The third kappa shape index (κ3) is 1.74. The first-order valence-electron chi connectivity index (χ1n) is 3.25. The van der Waals surface area contributed by atoms with Crippen molar-refractivity contribution in [2.45, 2.75) is 6.42 Å². The summed E-state index contributed by atoms with van der Waals surface area (Å²) in [6.45, 7) is 0. The molecule has 0 saturated heterocycles. The molecule has 12 heavy (non-hydrogen) atoms. The summed E-state index contributed by atoms with van der Waals surface area (Å²) in [4.78, 5) is 0. The highest BCUT2D eigenvalue weighted by atomic mass is 79.9. The Balaban J connectivity index is 3.14. The molecule has 0 unspecified atom stereocenters. The Labute approximate surface area is 77.9 Å². The Morgan fingerprint density at radius 3 is 2.75 bits per heavy atom. The highest BCUT2D eigenvalue weighted by Gasteiger charge is 2.05. The average molecular weight is 229 g/mol. The molecule has 0 aliphatic heterocycles. The molecule has 0 bridgehead atoms. The van der Waals surface area contributed by atoms with E-state index in [9.17, 15) is 4.39 Å². The average Bonchev–Trinajstić information content (AvgIpc) is 2.01. The predicted molar refractivity (Wildman–Crippen MR) is 47.8 cm³/mol. The SMILES string of the molecule is N#CCc1cc(N)c(F)c(Br)c1. The van der Waals surface area contributed by atoms with E-state index in [0.717, 1.165) is 0 Å². The number of hydrogen-bond donors (Lipinski definition) is 1. The van der Waals surface area contributed by atoms with E-state index in [-0.39, 0.29) is 12.1 Å². The maximum absolute atomic E-state index is 12.9. The quantitative estimate of drug-likeness (QED) is 0.750. The molecule has 0 aliphatic carbocycles. The van der Waals surface area contributed by atoms with Gasteiger partial charge < -0.3 is 5.73 Å². The molecule has 4 heteroatoms. The molecule has 0 atom stereocenters. The zero-order valence-corrected chi connectivity index (χ0v) is 7.73. The van der Waals surface area contributed by atoms with Crippen molar-refractivity contribution in [3.8, 4) is 6.07 Å². The second-order valence-electron chi connectivity index (χ2n) is 2.32. The molecule has 62 valence electrons. The molecule has 2 nitrogen and oxygen atoms in total. The van der Waals surface area contributed by atoms with E-state index < -0.39 is 5.82 Å². The van der Waals surface area contributed by atoms with Crippen molar-refractivity contribution in [3.05, 3.63) is 28.0 Å². The van der Waals surface area contributed by atoms with Gasteiger partial charge in [0.25, 0.3) is 0 Å². The van der Waals surface area contributed by atoms with Gasteiger partial charge in [-0.3, -0.25) is 0 Å². The fourth-order valence-electron chi connectivity index (χ4n) is 0.862. The van der Waals surface area contributed by atoms with Gasteiger partial charge in [0.2, 0.25) is 0 Å². The van der Waals surface area contributed by atoms with Crippen LogP contribution in [0.1, 0.15) is 5.56 Å². The largest absolute Gasteiger partial charge is 0.396 e. The van der Waals surface area contributed by atoms with Gasteiger partial charge >= 0.3 is 0 Å². The molecule has 0 amide bonds. The Kier molecular flexibility index (Phi) is 2.66. The molecule has 0 radical (unpaired) electrons. The number of anilines is 1. The third-order valence-corrected chi connectivity index (χ3v) is 1.98. The van der Waals surface area contributed by atoms with Crippen molar-refractivity contribution in [2.75, 3.05) is 5.73 Å². The molecule has 1 aromatic carbocycles. The van der Waals surface area contributed by atoms with E-state index in [2.05, 4.69) is 15.9 Å². The second kappa shape index (κ2) is 3.55. The Morgan fingerprint density at radius 1 is 1.58 bits per heavy atom. The van der Waals surface area contributed by atoms with Crippen LogP contribution in [0.2, 0.25) is 0 Å². The van der Waals surface area contributed by atoms with Gasteiger partial charge in [0.05, 0.1) is 22.7 Å². The van der Waals surface area contributed by atoms with Crippen molar-refractivity contribution in [1.82, 2.24) is 0 Å². The van der Waals surface area contributed by atoms with E-state index in [4.69, 9.17) is 11.0 Å². The summed E-state index contributed by atoms with van der Waals surface area (Å²) in [7, 11) is 0. The van der Waals surface area contributed by atoms with Gasteiger partial charge in [-0.2, -0.15) is 5.26 Å². The van der Waals surface area contributed by atoms with Crippen molar-refractivity contribution in [1.29, 1.82) is 5.26 Å². The minimum absolute atomic E-state index is 0.0645. The summed E-state index contributed by atoms with van der Waals surface area (Å²) in [6.07, 6.45) is 0.239. The monoisotopic (exact) mass is 228 g/mol. The third-order valence-electron chi connectivity index (χ3n) is 1.40. The normalized spacial score (nSPS) is 9.42. The number of benzene rings is 1. The number of nitrogen functional groups attached to an aromatic ring is 1. The lowest BCUT2D eigenvalue weighted by Crippen LogP contribution is -1.94. The molecule has 0 aliphatic rings. The van der Waals surface area contributed by atoms with Crippen LogP contribution in [0.15, 0.2) is 16.6 Å². The second-order valence-corrected chi connectivity index (χ2v) is 3.17. The zero-order chi connectivity index (χ0) is 9.14. The topological polar surface area (TPSA) is 49.8 Å². The van der Waals surface area contributed by atoms with E-state index in [0.29, 0.717) is 10.0 Å². The fourth-order valence-corrected chi connectivity index (χ4v) is 1.39. The first kappa shape index (κ1) is 9.01. The highest BCUT2D eigenvalue weighted by molar-refractivity contribution is 9.10.